The summed E-state index contributed by atoms with van der Waals surface area (Å²) in [7, 11) is 1.19. The van der Waals surface area contributed by atoms with Crippen LogP contribution in [0.5, 0.6) is 0 Å². The minimum Gasteiger partial charge on any atom is -0.507 e. The molecule has 0 bridgehead atoms. The average Bonchev–Trinajstić information content (AvgIpc) is 3.07. The summed E-state index contributed by atoms with van der Waals surface area (Å²) < 4.78 is 10.6. The Morgan fingerprint density at radius 3 is 2.16 bits per heavy atom. The molecule has 0 aromatic heterocycles. The summed E-state index contributed by atoms with van der Waals surface area (Å²) >= 11 is 0. The average molecular weight is 422 g/mol. The highest BCUT2D eigenvalue weighted by Crippen LogP contribution is 2.44. The molecule has 2 aliphatic heterocycles. The molecule has 4 rings (SSSR count). The van der Waals surface area contributed by atoms with Gasteiger partial charge in [-0.15, -0.1) is 0 Å². The number of anilines is 1. The molecular formula is C23H22N2O6. The van der Waals surface area contributed by atoms with Crippen molar-refractivity contribution in [2.75, 3.05) is 38.3 Å². The van der Waals surface area contributed by atoms with Gasteiger partial charge < -0.3 is 14.6 Å². The van der Waals surface area contributed by atoms with Gasteiger partial charge in [-0.2, -0.15) is 0 Å². The number of rotatable bonds is 4. The molecule has 2 heterocycles. The fourth-order valence-electron chi connectivity index (χ4n) is 4.17. The standard InChI is InChI=1S/C23H22N2O6/c1-30-22(29)23(24-12-14-31-15-13-24)18(19(26)16-8-4-2-5-9-16)20(27)21(28)25(23)17-10-6-3-7-11-17/h2-11,26H,12-15H2,1H3. The van der Waals surface area contributed by atoms with E-state index in [-0.39, 0.29) is 18.7 Å². The fourth-order valence-corrected chi connectivity index (χ4v) is 4.17. The van der Waals surface area contributed by atoms with E-state index in [1.807, 2.05) is 0 Å². The van der Waals surface area contributed by atoms with E-state index in [0.717, 1.165) is 4.90 Å². The molecule has 2 saturated heterocycles. The van der Waals surface area contributed by atoms with E-state index in [9.17, 15) is 19.5 Å². The van der Waals surface area contributed by atoms with E-state index in [1.165, 1.54) is 7.11 Å². The highest BCUT2D eigenvalue weighted by atomic mass is 16.5. The van der Waals surface area contributed by atoms with Gasteiger partial charge in [-0.3, -0.25) is 19.4 Å². The Bertz CT molecular complexity index is 1030. The van der Waals surface area contributed by atoms with Crippen LogP contribution >= 0.6 is 0 Å². The van der Waals surface area contributed by atoms with Gasteiger partial charge in [0.25, 0.3) is 5.78 Å². The lowest BCUT2D eigenvalue weighted by Gasteiger charge is -2.45. The number of benzene rings is 2. The van der Waals surface area contributed by atoms with Crippen LogP contribution in [0.25, 0.3) is 5.76 Å². The van der Waals surface area contributed by atoms with E-state index < -0.39 is 29.1 Å². The highest BCUT2D eigenvalue weighted by molar-refractivity contribution is 6.54. The van der Waals surface area contributed by atoms with Crippen molar-refractivity contribution in [1.29, 1.82) is 0 Å². The largest absolute Gasteiger partial charge is 0.507 e. The molecule has 160 valence electrons. The number of aliphatic hydroxyl groups is 1. The smallest absolute Gasteiger partial charge is 0.352 e. The van der Waals surface area contributed by atoms with Gasteiger partial charge in [0.05, 0.1) is 20.3 Å². The Morgan fingerprint density at radius 2 is 1.58 bits per heavy atom. The molecule has 0 radical (unpaired) electrons. The van der Waals surface area contributed by atoms with Crippen LogP contribution in [0.15, 0.2) is 66.2 Å². The van der Waals surface area contributed by atoms with E-state index in [1.54, 1.807) is 65.6 Å². The van der Waals surface area contributed by atoms with E-state index in [4.69, 9.17) is 9.47 Å². The Balaban J connectivity index is 2.06. The molecule has 31 heavy (non-hydrogen) atoms. The van der Waals surface area contributed by atoms with Crippen LogP contribution in [0.3, 0.4) is 0 Å². The number of esters is 1. The van der Waals surface area contributed by atoms with Crippen LogP contribution in [-0.4, -0.2) is 66.7 Å². The third kappa shape index (κ3) is 3.20. The maximum Gasteiger partial charge on any atom is 0.352 e. The molecule has 1 atom stereocenters. The van der Waals surface area contributed by atoms with Gasteiger partial charge in [-0.05, 0) is 12.1 Å². The lowest BCUT2D eigenvalue weighted by atomic mass is 9.92. The number of Topliss-reactive ketones (excluding diaryl/α,β-unsaturated/α-hetero) is 1. The number of nitrogens with zero attached hydrogens (tertiary/aromatic N) is 2. The molecule has 8 nitrogen and oxygen atoms in total. The lowest BCUT2D eigenvalue weighted by Crippen LogP contribution is -2.67. The summed E-state index contributed by atoms with van der Waals surface area (Å²) in [5.74, 6) is -3.15. The fraction of sp³-hybridized carbons (Fsp3) is 0.261. The first-order valence-corrected chi connectivity index (χ1v) is 9.87. The number of carbonyl (C=O) groups is 3. The number of carbonyl (C=O) groups excluding carboxylic acids is 3. The Kier molecular flexibility index (Phi) is 5.58. The first kappa shape index (κ1) is 20.8. The van der Waals surface area contributed by atoms with Crippen LogP contribution in [-0.2, 0) is 23.9 Å². The number of amides is 1. The lowest BCUT2D eigenvalue weighted by molar-refractivity contribution is -0.155. The Labute approximate surface area is 179 Å². The second-order valence-corrected chi connectivity index (χ2v) is 7.16. The second-order valence-electron chi connectivity index (χ2n) is 7.16. The highest BCUT2D eigenvalue weighted by Gasteiger charge is 2.66. The van der Waals surface area contributed by atoms with Gasteiger partial charge in [0.15, 0.2) is 0 Å². The third-order valence-corrected chi connectivity index (χ3v) is 5.53. The maximum atomic E-state index is 13.5. The van der Waals surface area contributed by atoms with Gasteiger partial charge in [0, 0.05) is 24.3 Å². The zero-order chi connectivity index (χ0) is 22.0. The van der Waals surface area contributed by atoms with Gasteiger partial charge in [-0.1, -0.05) is 48.5 Å². The van der Waals surface area contributed by atoms with Crippen molar-refractivity contribution in [2.24, 2.45) is 0 Å². The maximum absolute atomic E-state index is 13.5. The zero-order valence-electron chi connectivity index (χ0n) is 17.0. The van der Waals surface area contributed by atoms with Crippen molar-refractivity contribution in [2.45, 2.75) is 5.66 Å². The molecular weight excluding hydrogens is 400 g/mol. The molecule has 0 saturated carbocycles. The second kappa shape index (κ2) is 8.33. The van der Waals surface area contributed by atoms with Crippen molar-refractivity contribution in [1.82, 2.24) is 4.90 Å². The summed E-state index contributed by atoms with van der Waals surface area (Å²) in [5, 5.41) is 11.2. The molecule has 2 fully saturated rings. The third-order valence-electron chi connectivity index (χ3n) is 5.53. The molecule has 1 N–H and O–H groups in total. The predicted molar refractivity (Wildman–Crippen MR) is 112 cm³/mol. The van der Waals surface area contributed by atoms with Gasteiger partial charge in [0.2, 0.25) is 5.66 Å². The van der Waals surface area contributed by atoms with Crippen LogP contribution in [0.2, 0.25) is 0 Å². The summed E-state index contributed by atoms with van der Waals surface area (Å²) in [6.07, 6.45) is 0. The first-order chi connectivity index (χ1) is 15.0. The Hall–Kier alpha value is -3.49. The number of ether oxygens (including phenoxy) is 2. The quantitative estimate of drug-likeness (QED) is 0.347. The molecule has 0 aliphatic carbocycles. The number of methoxy groups -OCH3 is 1. The van der Waals surface area contributed by atoms with Gasteiger partial charge in [-0.25, -0.2) is 4.79 Å². The number of ketones is 1. The van der Waals surface area contributed by atoms with E-state index in [0.29, 0.717) is 24.5 Å². The zero-order valence-corrected chi connectivity index (χ0v) is 17.0. The summed E-state index contributed by atoms with van der Waals surface area (Å²) in [5.41, 5.74) is -1.63. The van der Waals surface area contributed by atoms with Crippen LogP contribution in [0, 0.1) is 0 Å². The molecule has 2 aromatic rings. The molecule has 2 aromatic carbocycles. The number of aliphatic hydroxyl groups excluding tert-OH is 1. The minimum absolute atomic E-state index is 0.255. The van der Waals surface area contributed by atoms with Crippen molar-refractivity contribution < 1.29 is 29.0 Å². The van der Waals surface area contributed by atoms with Crippen molar-refractivity contribution >= 4 is 29.1 Å². The first-order valence-electron chi connectivity index (χ1n) is 9.87. The van der Waals surface area contributed by atoms with Crippen molar-refractivity contribution in [3.05, 3.63) is 71.8 Å². The number of morpholine rings is 1. The summed E-state index contributed by atoms with van der Waals surface area (Å²) in [6.45, 7) is 1.10. The van der Waals surface area contributed by atoms with Crippen LogP contribution in [0.1, 0.15) is 5.56 Å². The van der Waals surface area contributed by atoms with Gasteiger partial charge >= 0.3 is 11.9 Å². The van der Waals surface area contributed by atoms with Gasteiger partial charge in [0.1, 0.15) is 11.3 Å². The van der Waals surface area contributed by atoms with Crippen LogP contribution in [0.4, 0.5) is 5.69 Å². The molecule has 1 unspecified atom stereocenters. The van der Waals surface area contributed by atoms with E-state index in [2.05, 4.69) is 0 Å². The normalized spacial score (nSPS) is 23.7. The minimum atomic E-state index is -1.96. The monoisotopic (exact) mass is 422 g/mol. The number of hydrogen-bond acceptors (Lipinski definition) is 7. The number of hydrogen-bond donors (Lipinski definition) is 1. The van der Waals surface area contributed by atoms with E-state index >= 15 is 0 Å². The molecule has 0 spiro atoms. The number of para-hydroxylation sites is 1. The summed E-state index contributed by atoms with van der Waals surface area (Å²) in [6, 6.07) is 16.8. The summed E-state index contributed by atoms with van der Waals surface area (Å²) in [4.78, 5) is 42.8. The molecule has 2 aliphatic rings. The van der Waals surface area contributed by atoms with Crippen molar-refractivity contribution in [3.8, 4) is 0 Å². The van der Waals surface area contributed by atoms with Crippen molar-refractivity contribution in [3.63, 3.8) is 0 Å². The topological polar surface area (TPSA) is 96.4 Å². The van der Waals surface area contributed by atoms with Crippen LogP contribution < -0.4 is 4.90 Å². The molecule has 8 heteroatoms. The molecule has 1 amide bonds. The SMILES string of the molecule is COC(=O)C1(N2CCOCC2)C(=C(O)c2ccccc2)C(=O)C(=O)N1c1ccccc1. The Morgan fingerprint density at radius 1 is 1.00 bits per heavy atom. The predicted octanol–water partition coefficient (Wildman–Crippen LogP) is 1.77.